The zero-order valence-electron chi connectivity index (χ0n) is 20.7. The number of H-pyrrole nitrogens is 1. The van der Waals surface area contributed by atoms with E-state index in [-0.39, 0.29) is 12.5 Å². The quantitative estimate of drug-likeness (QED) is 0.468. The molecule has 35 heavy (non-hydrogen) atoms. The van der Waals surface area contributed by atoms with Gasteiger partial charge in [0.2, 0.25) is 5.91 Å². The van der Waals surface area contributed by atoms with Crippen LogP contribution in [0.3, 0.4) is 0 Å². The maximum Gasteiger partial charge on any atom is 0.243 e. The number of nitriles is 1. The third-order valence-electron chi connectivity index (χ3n) is 7.23. The van der Waals surface area contributed by atoms with E-state index in [9.17, 15) is 15.2 Å². The molecule has 5 rings (SSSR count). The Balaban J connectivity index is 1.65. The highest BCUT2D eigenvalue weighted by Gasteiger charge is 2.40. The first-order chi connectivity index (χ1) is 16.6. The van der Waals surface area contributed by atoms with Gasteiger partial charge in [-0.25, -0.2) is 0 Å². The van der Waals surface area contributed by atoms with Crippen LogP contribution in [0.4, 0.5) is 0 Å². The minimum Gasteiger partial charge on any atom is -0.384 e. The predicted molar refractivity (Wildman–Crippen MR) is 135 cm³/mol. The third-order valence-corrected chi connectivity index (χ3v) is 7.23. The molecule has 1 aliphatic rings. The molecule has 0 radical (unpaired) electrons. The second-order valence-electron chi connectivity index (χ2n) is 9.98. The maximum atomic E-state index is 12.1. The Morgan fingerprint density at radius 3 is 2.74 bits per heavy atom. The summed E-state index contributed by atoms with van der Waals surface area (Å²) in [6.45, 7) is 6.61. The van der Waals surface area contributed by atoms with E-state index in [4.69, 9.17) is 0 Å². The summed E-state index contributed by atoms with van der Waals surface area (Å²) in [6, 6.07) is 12.0. The second kappa shape index (κ2) is 8.10. The Labute approximate surface area is 204 Å². The van der Waals surface area contributed by atoms with Gasteiger partial charge in [0.1, 0.15) is 12.6 Å². The van der Waals surface area contributed by atoms with Crippen LogP contribution in [0.15, 0.2) is 42.7 Å². The number of aromatic nitrogens is 3. The van der Waals surface area contributed by atoms with Crippen LogP contribution >= 0.6 is 0 Å². The number of hydrogen-bond acceptors (Lipinski definition) is 4. The number of fused-ring (bicyclic) bond motifs is 4. The van der Waals surface area contributed by atoms with Crippen molar-refractivity contribution >= 4 is 16.8 Å². The van der Waals surface area contributed by atoms with E-state index in [1.807, 2.05) is 18.3 Å². The number of nitrogens with one attached hydrogen (secondary N) is 1. The molecule has 0 fully saturated rings. The Morgan fingerprint density at radius 2 is 2.06 bits per heavy atom. The highest BCUT2D eigenvalue weighted by Crippen LogP contribution is 2.49. The Kier molecular flexibility index (Phi) is 5.30. The summed E-state index contributed by atoms with van der Waals surface area (Å²) >= 11 is 0. The fourth-order valence-electron chi connectivity index (χ4n) is 5.22. The molecule has 1 atom stereocenters. The van der Waals surface area contributed by atoms with Crippen molar-refractivity contribution in [2.75, 3.05) is 14.1 Å². The minimum atomic E-state index is -0.769. The summed E-state index contributed by atoms with van der Waals surface area (Å²) in [4.78, 5) is 17.2. The molecule has 4 aromatic rings. The third kappa shape index (κ3) is 3.53. The molecule has 178 valence electrons. The Bertz CT molecular complexity index is 1520. The van der Waals surface area contributed by atoms with Crippen LogP contribution in [0, 0.1) is 11.3 Å². The smallest absolute Gasteiger partial charge is 0.243 e. The average molecular weight is 468 g/mol. The van der Waals surface area contributed by atoms with Gasteiger partial charge in [0, 0.05) is 53.4 Å². The van der Waals surface area contributed by atoms with E-state index < -0.39 is 11.5 Å². The van der Waals surface area contributed by atoms with E-state index in [2.05, 4.69) is 49.1 Å². The van der Waals surface area contributed by atoms with Gasteiger partial charge < -0.3 is 15.0 Å². The van der Waals surface area contributed by atoms with Crippen molar-refractivity contribution in [1.82, 2.24) is 19.7 Å². The van der Waals surface area contributed by atoms with Crippen molar-refractivity contribution in [3.8, 4) is 17.2 Å². The second-order valence-corrected chi connectivity index (χ2v) is 9.98. The van der Waals surface area contributed by atoms with Gasteiger partial charge in [-0.05, 0) is 46.9 Å². The normalized spacial score (nSPS) is 16.0. The predicted octanol–water partition coefficient (Wildman–Crippen LogP) is 4.27. The molecule has 2 N–H and O–H groups in total. The van der Waals surface area contributed by atoms with Crippen LogP contribution in [-0.2, 0) is 23.2 Å². The molecule has 0 saturated heterocycles. The number of aliphatic hydroxyl groups excluding tert-OH is 1. The van der Waals surface area contributed by atoms with Gasteiger partial charge in [-0.1, -0.05) is 32.9 Å². The monoisotopic (exact) mass is 467 g/mol. The van der Waals surface area contributed by atoms with Crippen molar-refractivity contribution < 1.29 is 9.90 Å². The van der Waals surface area contributed by atoms with Crippen LogP contribution in [0.5, 0.6) is 0 Å². The summed E-state index contributed by atoms with van der Waals surface area (Å²) in [5.41, 5.74) is 7.97. The molecular weight excluding hydrogens is 438 g/mol. The van der Waals surface area contributed by atoms with E-state index in [0.29, 0.717) is 5.56 Å². The number of aliphatic hydroxyl groups is 1. The average Bonchev–Trinajstić information content (AvgIpc) is 3.46. The van der Waals surface area contributed by atoms with Crippen LogP contribution in [0.1, 0.15) is 60.4 Å². The van der Waals surface area contributed by atoms with Crippen LogP contribution in [0.2, 0.25) is 0 Å². The Morgan fingerprint density at radius 1 is 1.29 bits per heavy atom. The topological polar surface area (TPSA) is 97.9 Å². The molecule has 0 spiro atoms. The summed E-state index contributed by atoms with van der Waals surface area (Å²) in [7, 11) is 3.47. The van der Waals surface area contributed by atoms with Crippen molar-refractivity contribution in [3.63, 3.8) is 0 Å². The molecule has 1 amide bonds. The zero-order chi connectivity index (χ0) is 25.1. The standard InChI is InChI=1S/C28H29N5O2/c1-6-17-10-21-22(11-20(17)18-13-30-33(14-18)15-24(34)32(4)5)28(2,3)27-25(26(21)35)19-8-7-16(12-29)9-23(19)31-27/h7-11,13-14,26,31,35H,6,15H2,1-5H3. The zero-order valence-corrected chi connectivity index (χ0v) is 20.7. The van der Waals surface area contributed by atoms with Crippen LogP contribution in [0.25, 0.3) is 22.0 Å². The molecular formula is C28H29N5O2. The lowest BCUT2D eigenvalue weighted by Gasteiger charge is -2.36. The van der Waals surface area contributed by atoms with E-state index in [1.165, 1.54) is 0 Å². The van der Waals surface area contributed by atoms with Gasteiger partial charge >= 0.3 is 0 Å². The number of benzene rings is 2. The molecule has 2 aromatic carbocycles. The fourth-order valence-corrected chi connectivity index (χ4v) is 5.22. The molecule has 0 aliphatic heterocycles. The van der Waals surface area contributed by atoms with Gasteiger partial charge in [0.25, 0.3) is 0 Å². The number of nitrogens with zero attached hydrogens (tertiary/aromatic N) is 4. The van der Waals surface area contributed by atoms with Gasteiger partial charge in [0.05, 0.1) is 17.8 Å². The summed E-state index contributed by atoms with van der Waals surface area (Å²) in [6.07, 6.45) is 3.74. The first-order valence-electron chi connectivity index (χ1n) is 11.8. The lowest BCUT2D eigenvalue weighted by molar-refractivity contribution is -0.129. The van der Waals surface area contributed by atoms with Gasteiger partial charge in [-0.15, -0.1) is 0 Å². The first-order valence-corrected chi connectivity index (χ1v) is 11.8. The van der Waals surface area contributed by atoms with Crippen LogP contribution in [-0.4, -0.2) is 44.8 Å². The highest BCUT2D eigenvalue weighted by molar-refractivity contribution is 5.88. The number of carbonyl (C=O) groups is 1. The van der Waals surface area contributed by atoms with Crippen molar-refractivity contribution in [2.45, 2.75) is 45.3 Å². The van der Waals surface area contributed by atoms with Crippen LogP contribution < -0.4 is 0 Å². The summed E-state index contributed by atoms with van der Waals surface area (Å²) in [5, 5.41) is 26.2. The molecule has 7 heteroatoms. The van der Waals surface area contributed by atoms with Gasteiger partial charge in [-0.2, -0.15) is 10.4 Å². The van der Waals surface area contributed by atoms with Gasteiger partial charge in [0.15, 0.2) is 0 Å². The lowest BCUT2D eigenvalue weighted by Crippen LogP contribution is -2.29. The highest BCUT2D eigenvalue weighted by atomic mass is 16.3. The molecule has 1 aliphatic carbocycles. The number of rotatable bonds is 4. The van der Waals surface area contributed by atoms with Gasteiger partial charge in [-0.3, -0.25) is 9.48 Å². The minimum absolute atomic E-state index is 0.0176. The number of hydrogen-bond donors (Lipinski definition) is 2. The summed E-state index contributed by atoms with van der Waals surface area (Å²) < 4.78 is 1.67. The molecule has 0 bridgehead atoms. The number of aromatic amines is 1. The van der Waals surface area contributed by atoms with Crippen molar-refractivity contribution in [3.05, 3.63) is 76.2 Å². The Hall–Kier alpha value is -3.89. The number of amides is 1. The van der Waals surface area contributed by atoms with Crippen molar-refractivity contribution in [1.29, 1.82) is 5.26 Å². The molecule has 2 heterocycles. The largest absolute Gasteiger partial charge is 0.384 e. The fraction of sp³-hybridized carbons (Fsp3) is 0.321. The molecule has 0 saturated carbocycles. The summed E-state index contributed by atoms with van der Waals surface area (Å²) in [5.74, 6) is -0.0176. The van der Waals surface area contributed by atoms with E-state index in [0.717, 1.165) is 56.4 Å². The number of carbonyl (C=O) groups excluding carboxylic acids is 1. The molecule has 7 nitrogen and oxygen atoms in total. The maximum absolute atomic E-state index is 12.1. The van der Waals surface area contributed by atoms with E-state index in [1.54, 1.807) is 35.9 Å². The first kappa shape index (κ1) is 22.9. The molecule has 2 aromatic heterocycles. The SMILES string of the molecule is CCc1cc2c(cc1-c1cnn(CC(=O)N(C)C)c1)C(C)(C)c1[nH]c3cc(C#N)ccc3c1C2O. The number of aryl methyl sites for hydroxylation is 1. The lowest BCUT2D eigenvalue weighted by atomic mass is 9.69. The van der Waals surface area contributed by atoms with Crippen molar-refractivity contribution in [2.24, 2.45) is 0 Å². The molecule has 1 unspecified atom stereocenters. The van der Waals surface area contributed by atoms with E-state index >= 15 is 0 Å². The number of likely N-dealkylation sites (N-methyl/N-ethyl adjacent to an activating group) is 1.